The van der Waals surface area contributed by atoms with Gasteiger partial charge in [0.15, 0.2) is 17.3 Å². The molecule has 8 rings (SSSR count). The third kappa shape index (κ3) is 6.59. The summed E-state index contributed by atoms with van der Waals surface area (Å²) < 4.78 is 67.7. The van der Waals surface area contributed by atoms with Crippen LogP contribution in [-0.4, -0.2) is 40.2 Å². The van der Waals surface area contributed by atoms with Crippen LogP contribution in [0.15, 0.2) is 151 Å². The van der Waals surface area contributed by atoms with Crippen LogP contribution in [0.4, 0.5) is 23.2 Å². The van der Waals surface area contributed by atoms with Crippen molar-refractivity contribution < 1.29 is 22.3 Å². The summed E-state index contributed by atoms with van der Waals surface area (Å²) in [6, 6.07) is 40.7. The Hall–Kier alpha value is -5.61. The zero-order valence-electron chi connectivity index (χ0n) is 29.4. The second-order valence-corrected chi connectivity index (χ2v) is 14.2. The molecule has 5 nitrogen and oxygen atoms in total. The monoisotopic (exact) mass is 744 g/mol. The fourth-order valence-corrected chi connectivity index (χ4v) is 8.00. The molecule has 5 aromatic carbocycles. The van der Waals surface area contributed by atoms with Crippen LogP contribution >= 0.6 is 11.8 Å². The lowest BCUT2D eigenvalue weighted by Gasteiger charge is -2.36. The summed E-state index contributed by atoms with van der Waals surface area (Å²) in [5.41, 5.74) is 1.97. The maximum atomic E-state index is 15.1. The maximum absolute atomic E-state index is 15.1. The van der Waals surface area contributed by atoms with Gasteiger partial charge in [-0.05, 0) is 64.9 Å². The van der Waals surface area contributed by atoms with Crippen molar-refractivity contribution in [1.29, 1.82) is 0 Å². The minimum absolute atomic E-state index is 0.0343. The largest absolute Gasteiger partial charge is 0.487 e. The van der Waals surface area contributed by atoms with Crippen molar-refractivity contribution in [2.45, 2.75) is 35.6 Å². The Morgan fingerprint density at radius 2 is 1.35 bits per heavy atom. The predicted molar refractivity (Wildman–Crippen MR) is 207 cm³/mol. The molecule has 0 spiro atoms. The number of benzene rings is 5. The first-order valence-electron chi connectivity index (χ1n) is 17.7. The Labute approximate surface area is 315 Å². The molecule has 0 bridgehead atoms. The number of thioether (sulfide) groups is 1. The topological polar surface area (TPSA) is 43.2 Å². The Bertz CT molecular complexity index is 2280. The zero-order chi connectivity index (χ0) is 37.3. The van der Waals surface area contributed by atoms with Crippen LogP contribution < -0.4 is 9.64 Å². The Morgan fingerprint density at radius 1 is 0.741 bits per heavy atom. The first-order chi connectivity index (χ1) is 26.3. The van der Waals surface area contributed by atoms with Crippen molar-refractivity contribution >= 4 is 28.4 Å². The highest BCUT2D eigenvalue weighted by atomic mass is 32.2. The molecular formula is C44H36F4N4OS. The van der Waals surface area contributed by atoms with E-state index in [4.69, 9.17) is 4.74 Å². The summed E-state index contributed by atoms with van der Waals surface area (Å²) in [5.74, 6) is -0.144. The molecule has 7 aromatic rings. The van der Waals surface area contributed by atoms with Crippen LogP contribution in [0.1, 0.15) is 35.2 Å². The number of halogens is 4. The van der Waals surface area contributed by atoms with E-state index in [0.717, 1.165) is 32.7 Å². The van der Waals surface area contributed by atoms with Gasteiger partial charge < -0.3 is 9.64 Å². The van der Waals surface area contributed by atoms with Gasteiger partial charge in [-0.3, -0.25) is 9.67 Å². The molecule has 0 saturated carbocycles. The lowest BCUT2D eigenvalue weighted by atomic mass is 9.77. The summed E-state index contributed by atoms with van der Waals surface area (Å²) >= 11 is 1.47. The highest BCUT2D eigenvalue weighted by molar-refractivity contribution is 7.98. The summed E-state index contributed by atoms with van der Waals surface area (Å²) in [6.45, 7) is 1.25. The minimum atomic E-state index is -4.75. The second-order valence-electron chi connectivity index (χ2n) is 13.3. The number of pyridine rings is 1. The van der Waals surface area contributed by atoms with E-state index in [9.17, 15) is 4.39 Å². The molecule has 54 heavy (non-hydrogen) atoms. The molecule has 0 radical (unpaired) electrons. The molecule has 0 aliphatic carbocycles. The Balaban J connectivity index is 1.20. The molecule has 0 unspecified atom stereocenters. The molecule has 1 aliphatic heterocycles. The van der Waals surface area contributed by atoms with E-state index < -0.39 is 17.4 Å². The Morgan fingerprint density at radius 3 is 1.91 bits per heavy atom. The Kier molecular flexibility index (Phi) is 9.62. The molecule has 0 atom stereocenters. The molecule has 272 valence electrons. The van der Waals surface area contributed by atoms with E-state index in [2.05, 4.69) is 15.0 Å². The van der Waals surface area contributed by atoms with Gasteiger partial charge in [-0.25, -0.2) is 4.39 Å². The first kappa shape index (κ1) is 35.4. The second kappa shape index (κ2) is 14.7. The number of ether oxygens (including phenoxy) is 1. The number of rotatable bonds is 9. The summed E-state index contributed by atoms with van der Waals surface area (Å²) in [7, 11) is 0. The summed E-state index contributed by atoms with van der Waals surface area (Å²) in [5, 5.41) is 5.17. The van der Waals surface area contributed by atoms with Gasteiger partial charge in [-0.15, -0.1) is 11.8 Å². The number of anilines is 1. The van der Waals surface area contributed by atoms with Crippen LogP contribution in [0.5, 0.6) is 5.75 Å². The molecule has 10 heteroatoms. The molecule has 3 heterocycles. The van der Waals surface area contributed by atoms with Gasteiger partial charge in [0.1, 0.15) is 11.6 Å². The molecule has 1 saturated heterocycles. The number of hydrogen-bond donors (Lipinski definition) is 0. The molecule has 1 fully saturated rings. The van der Waals surface area contributed by atoms with Gasteiger partial charge in [0.05, 0.1) is 5.52 Å². The van der Waals surface area contributed by atoms with Gasteiger partial charge in [0.2, 0.25) is 0 Å². The first-order valence-corrected chi connectivity index (χ1v) is 19.0. The fourth-order valence-electron chi connectivity index (χ4n) is 7.57. The number of fused-ring (bicyclic) bond motifs is 1. The minimum Gasteiger partial charge on any atom is -0.487 e. The van der Waals surface area contributed by atoms with Gasteiger partial charge in [0, 0.05) is 59.9 Å². The highest BCUT2D eigenvalue weighted by Gasteiger charge is 2.44. The van der Waals surface area contributed by atoms with E-state index in [-0.39, 0.29) is 23.2 Å². The zero-order valence-corrected chi connectivity index (χ0v) is 30.2. The van der Waals surface area contributed by atoms with Crippen molar-refractivity contribution in [1.82, 2.24) is 14.8 Å². The highest BCUT2D eigenvalue weighted by Crippen LogP contribution is 2.45. The summed E-state index contributed by atoms with van der Waals surface area (Å²) in [4.78, 5) is 7.59. The van der Waals surface area contributed by atoms with Crippen molar-refractivity contribution in [3.63, 3.8) is 0 Å². The van der Waals surface area contributed by atoms with Crippen molar-refractivity contribution in [2.75, 3.05) is 24.2 Å². The number of hydrogen-bond acceptors (Lipinski definition) is 5. The summed E-state index contributed by atoms with van der Waals surface area (Å²) in [6.07, 6.45) is 1.53. The number of nitrogens with zero attached hydrogens (tertiary/aromatic N) is 4. The predicted octanol–water partition coefficient (Wildman–Crippen LogP) is 10.9. The quantitative estimate of drug-likeness (QED) is 0.0837. The van der Waals surface area contributed by atoms with E-state index in [1.54, 1.807) is 30.5 Å². The number of alkyl halides is 3. The smallest absolute Gasteiger partial charge is 0.435 e. The average molecular weight is 745 g/mol. The maximum Gasteiger partial charge on any atom is 0.435 e. The third-order valence-corrected chi connectivity index (χ3v) is 10.9. The fraction of sp³-hybridized carbons (Fsp3) is 0.182. The molecule has 0 amide bonds. The van der Waals surface area contributed by atoms with Gasteiger partial charge in [-0.2, -0.15) is 18.3 Å². The van der Waals surface area contributed by atoms with Gasteiger partial charge >= 0.3 is 6.18 Å². The van der Waals surface area contributed by atoms with Crippen molar-refractivity contribution in [3.05, 3.63) is 174 Å². The standard InChI is InChI=1S/C44H36F4N4OS/c1-54-35-18-20-41(38(45)28-35)53-34-22-25-51(26-23-34)40-21-24-49-39-19-17-30(27-36(39)40)37-29-52(50-42(37)44(46,47)48)43(31-11-5-2-6-12-31,32-13-7-3-8-14-32)33-15-9-4-10-16-33/h2-21,24,27-29,34H,22-23,25-26H2,1H3. The van der Waals surface area contributed by atoms with E-state index in [1.807, 2.05) is 109 Å². The number of aromatic nitrogens is 3. The number of piperidine rings is 1. The average Bonchev–Trinajstić information content (AvgIpc) is 3.67. The molecule has 2 aromatic heterocycles. The van der Waals surface area contributed by atoms with Crippen molar-refractivity contribution in [2.24, 2.45) is 0 Å². The van der Waals surface area contributed by atoms with E-state index in [1.165, 1.54) is 28.7 Å². The van der Waals surface area contributed by atoms with Crippen LogP contribution in [0.2, 0.25) is 0 Å². The lowest BCUT2D eigenvalue weighted by Crippen LogP contribution is -2.38. The molecule has 0 N–H and O–H groups in total. The van der Waals surface area contributed by atoms with E-state index in [0.29, 0.717) is 37.0 Å². The SMILES string of the molecule is CSc1ccc(OC2CCN(c3ccnc4ccc(-c5cn(C(c6ccccc6)(c6ccccc6)c6ccccc6)nc5C(F)(F)F)cc34)CC2)c(F)c1. The third-order valence-electron chi connectivity index (χ3n) is 10.1. The van der Waals surface area contributed by atoms with Crippen LogP contribution in [0, 0.1) is 5.82 Å². The van der Waals surface area contributed by atoms with Crippen LogP contribution in [-0.2, 0) is 11.7 Å². The van der Waals surface area contributed by atoms with Crippen LogP contribution in [0.25, 0.3) is 22.0 Å². The van der Waals surface area contributed by atoms with E-state index >= 15 is 13.2 Å². The van der Waals surface area contributed by atoms with Gasteiger partial charge in [0.25, 0.3) is 0 Å². The van der Waals surface area contributed by atoms with Crippen LogP contribution in [0.3, 0.4) is 0 Å². The lowest BCUT2D eigenvalue weighted by molar-refractivity contribution is -0.141. The van der Waals surface area contributed by atoms with Gasteiger partial charge in [-0.1, -0.05) is 97.1 Å². The molecule has 1 aliphatic rings. The van der Waals surface area contributed by atoms with Crippen molar-refractivity contribution in [3.8, 4) is 16.9 Å². The normalized spacial score (nSPS) is 14.1. The molecular weight excluding hydrogens is 709 g/mol.